The highest BCUT2D eigenvalue weighted by Crippen LogP contribution is 2.28. The van der Waals surface area contributed by atoms with E-state index in [0.717, 1.165) is 42.6 Å². The van der Waals surface area contributed by atoms with Gasteiger partial charge in [0.15, 0.2) is 0 Å². The highest BCUT2D eigenvalue weighted by molar-refractivity contribution is 6.23. The Kier molecular flexibility index (Phi) is 7.11. The van der Waals surface area contributed by atoms with Crippen molar-refractivity contribution in [3.63, 3.8) is 0 Å². The standard InChI is InChI=1S/C24H30N2O6/c1-24(2,3)32-20(28)9-7-5-4-6-8-15-10-11-16-17(14-15)23(31)26(22(16)30)18-12-13-19(27)25-21(18)29/h10-11,14,18H,4-9,12-13H2,1-3H3,(H,25,27,29). The minimum Gasteiger partial charge on any atom is -0.460 e. The fourth-order valence-corrected chi connectivity index (χ4v) is 4.02. The van der Waals surface area contributed by atoms with Crippen LogP contribution in [0.25, 0.3) is 0 Å². The number of ether oxygens (including phenoxy) is 1. The highest BCUT2D eigenvalue weighted by atomic mass is 16.6. The van der Waals surface area contributed by atoms with Crippen LogP contribution in [-0.2, 0) is 25.5 Å². The molecule has 8 nitrogen and oxygen atoms in total. The predicted octanol–water partition coefficient (Wildman–Crippen LogP) is 2.92. The Morgan fingerprint density at radius 3 is 2.41 bits per heavy atom. The maximum atomic E-state index is 12.9. The van der Waals surface area contributed by atoms with Gasteiger partial charge >= 0.3 is 5.97 Å². The van der Waals surface area contributed by atoms with E-state index in [-0.39, 0.29) is 18.8 Å². The van der Waals surface area contributed by atoms with Crippen LogP contribution in [0, 0.1) is 0 Å². The van der Waals surface area contributed by atoms with Crippen LogP contribution in [-0.4, -0.2) is 46.1 Å². The maximum Gasteiger partial charge on any atom is 0.306 e. The van der Waals surface area contributed by atoms with Crippen LogP contribution in [0.15, 0.2) is 18.2 Å². The van der Waals surface area contributed by atoms with E-state index in [9.17, 15) is 24.0 Å². The lowest BCUT2D eigenvalue weighted by atomic mass is 10.0. The summed E-state index contributed by atoms with van der Waals surface area (Å²) >= 11 is 0. The van der Waals surface area contributed by atoms with Gasteiger partial charge in [0.2, 0.25) is 11.8 Å². The molecule has 172 valence electrons. The molecule has 1 atom stereocenters. The smallest absolute Gasteiger partial charge is 0.306 e. The molecule has 1 saturated heterocycles. The van der Waals surface area contributed by atoms with Crippen LogP contribution in [0.3, 0.4) is 0 Å². The van der Waals surface area contributed by atoms with Crippen LogP contribution < -0.4 is 5.32 Å². The minimum absolute atomic E-state index is 0.100. The molecule has 0 radical (unpaired) electrons. The molecule has 32 heavy (non-hydrogen) atoms. The van der Waals surface area contributed by atoms with Gasteiger partial charge in [-0.25, -0.2) is 0 Å². The first-order chi connectivity index (χ1) is 15.1. The van der Waals surface area contributed by atoms with Crippen molar-refractivity contribution in [2.45, 2.75) is 83.8 Å². The second-order valence-electron chi connectivity index (χ2n) is 9.33. The van der Waals surface area contributed by atoms with E-state index in [4.69, 9.17) is 4.74 Å². The molecule has 1 unspecified atom stereocenters. The Bertz CT molecular complexity index is 946. The van der Waals surface area contributed by atoms with Gasteiger partial charge in [0.1, 0.15) is 11.6 Å². The maximum absolute atomic E-state index is 12.9. The molecule has 0 aliphatic carbocycles. The lowest BCUT2D eigenvalue weighted by molar-refractivity contribution is -0.155. The van der Waals surface area contributed by atoms with Crippen LogP contribution in [0.5, 0.6) is 0 Å². The van der Waals surface area contributed by atoms with Crippen molar-refractivity contribution in [3.05, 3.63) is 34.9 Å². The molecule has 0 saturated carbocycles. The molecule has 0 bridgehead atoms. The average molecular weight is 443 g/mol. The Hall–Kier alpha value is -3.03. The molecule has 2 aliphatic rings. The van der Waals surface area contributed by atoms with Crippen LogP contribution in [0.1, 0.15) is 92.0 Å². The third-order valence-electron chi connectivity index (χ3n) is 5.52. The number of rotatable bonds is 8. The zero-order valence-electron chi connectivity index (χ0n) is 18.9. The molecule has 8 heteroatoms. The second-order valence-corrected chi connectivity index (χ2v) is 9.33. The average Bonchev–Trinajstić information content (AvgIpc) is 2.94. The molecule has 1 aromatic carbocycles. The van der Waals surface area contributed by atoms with Gasteiger partial charge < -0.3 is 4.74 Å². The number of unbranched alkanes of at least 4 members (excludes halogenated alkanes) is 3. The molecule has 1 fully saturated rings. The van der Waals surface area contributed by atoms with Crippen molar-refractivity contribution in [1.82, 2.24) is 10.2 Å². The summed E-state index contributed by atoms with van der Waals surface area (Å²) in [5, 5.41) is 2.20. The third-order valence-corrected chi connectivity index (χ3v) is 5.52. The van der Waals surface area contributed by atoms with Gasteiger partial charge in [-0.15, -0.1) is 0 Å². The highest BCUT2D eigenvalue weighted by Gasteiger charge is 2.44. The summed E-state index contributed by atoms with van der Waals surface area (Å²) in [4.78, 5) is 61.8. The molecular formula is C24H30N2O6. The van der Waals surface area contributed by atoms with Crippen LogP contribution in [0.4, 0.5) is 0 Å². The van der Waals surface area contributed by atoms with Gasteiger partial charge in [0.05, 0.1) is 11.1 Å². The minimum atomic E-state index is -0.950. The number of esters is 1. The molecule has 2 heterocycles. The molecule has 0 aromatic heterocycles. The van der Waals surface area contributed by atoms with Gasteiger partial charge in [-0.3, -0.25) is 34.2 Å². The van der Waals surface area contributed by atoms with Crippen LogP contribution >= 0.6 is 0 Å². The zero-order chi connectivity index (χ0) is 23.5. The summed E-state index contributed by atoms with van der Waals surface area (Å²) in [5.41, 5.74) is 1.09. The van der Waals surface area contributed by atoms with Gasteiger partial charge in [-0.1, -0.05) is 18.9 Å². The van der Waals surface area contributed by atoms with Crippen LogP contribution in [0.2, 0.25) is 0 Å². The summed E-state index contributed by atoms with van der Waals surface area (Å²) in [6, 6.07) is 4.24. The molecule has 1 N–H and O–H groups in total. The fraction of sp³-hybridized carbons (Fsp3) is 0.542. The predicted molar refractivity (Wildman–Crippen MR) is 116 cm³/mol. The number of amides is 4. The molecular weight excluding hydrogens is 412 g/mol. The quantitative estimate of drug-likeness (QED) is 0.377. The van der Waals surface area contributed by atoms with E-state index in [1.54, 1.807) is 12.1 Å². The lowest BCUT2D eigenvalue weighted by Crippen LogP contribution is -2.54. The zero-order valence-corrected chi connectivity index (χ0v) is 18.9. The van der Waals surface area contributed by atoms with Crippen molar-refractivity contribution in [1.29, 1.82) is 0 Å². The molecule has 1 aromatic rings. The van der Waals surface area contributed by atoms with E-state index < -0.39 is 35.3 Å². The van der Waals surface area contributed by atoms with Crippen molar-refractivity contribution in [3.8, 4) is 0 Å². The lowest BCUT2D eigenvalue weighted by Gasteiger charge is -2.27. The number of nitrogens with one attached hydrogen (secondary N) is 1. The van der Waals surface area contributed by atoms with E-state index in [1.807, 2.05) is 26.8 Å². The summed E-state index contributed by atoms with van der Waals surface area (Å²) in [6.07, 6.45) is 4.91. The number of hydrogen-bond donors (Lipinski definition) is 1. The molecule has 4 amide bonds. The summed E-state index contributed by atoms with van der Waals surface area (Å²) in [7, 11) is 0. The molecule has 0 spiro atoms. The number of piperidine rings is 1. The number of aryl methyl sites for hydroxylation is 1. The first-order valence-corrected chi connectivity index (χ1v) is 11.1. The number of carbonyl (C=O) groups is 5. The number of imide groups is 2. The third kappa shape index (κ3) is 5.60. The first-order valence-electron chi connectivity index (χ1n) is 11.1. The summed E-state index contributed by atoms with van der Waals surface area (Å²) in [6.45, 7) is 5.55. The number of benzene rings is 1. The number of carbonyl (C=O) groups excluding carboxylic acids is 5. The Morgan fingerprint density at radius 2 is 1.72 bits per heavy atom. The molecule has 2 aliphatic heterocycles. The fourth-order valence-electron chi connectivity index (χ4n) is 4.02. The second kappa shape index (κ2) is 9.63. The van der Waals surface area contributed by atoms with E-state index in [1.165, 1.54) is 0 Å². The van der Waals surface area contributed by atoms with Crippen molar-refractivity contribution in [2.24, 2.45) is 0 Å². The Morgan fingerprint density at radius 1 is 1.03 bits per heavy atom. The van der Waals surface area contributed by atoms with Gasteiger partial charge in [0.25, 0.3) is 11.8 Å². The summed E-state index contributed by atoms with van der Waals surface area (Å²) in [5.74, 6) is -2.16. The van der Waals surface area contributed by atoms with Gasteiger partial charge in [-0.2, -0.15) is 0 Å². The molecule has 3 rings (SSSR count). The summed E-state index contributed by atoms with van der Waals surface area (Å²) < 4.78 is 5.30. The van der Waals surface area contributed by atoms with Crippen molar-refractivity contribution >= 4 is 29.6 Å². The normalized spacial score (nSPS) is 18.6. The monoisotopic (exact) mass is 442 g/mol. The van der Waals surface area contributed by atoms with E-state index in [2.05, 4.69) is 5.32 Å². The van der Waals surface area contributed by atoms with Crippen molar-refractivity contribution in [2.75, 3.05) is 0 Å². The van der Waals surface area contributed by atoms with Gasteiger partial charge in [0, 0.05) is 12.8 Å². The Labute approximate surface area is 187 Å². The first kappa shape index (κ1) is 23.6. The van der Waals surface area contributed by atoms with Gasteiger partial charge in [-0.05, 0) is 64.2 Å². The number of hydrogen-bond acceptors (Lipinski definition) is 6. The largest absolute Gasteiger partial charge is 0.460 e. The Balaban J connectivity index is 1.50. The number of fused-ring (bicyclic) bond motifs is 1. The SMILES string of the molecule is CC(C)(C)OC(=O)CCCCCCc1ccc2c(c1)C(=O)N(C1CCC(=O)NC1=O)C2=O. The number of nitrogens with zero attached hydrogens (tertiary/aromatic N) is 1. The topological polar surface area (TPSA) is 110 Å². The van der Waals surface area contributed by atoms with Crippen molar-refractivity contribution < 1.29 is 28.7 Å². The van der Waals surface area contributed by atoms with E-state index in [0.29, 0.717) is 17.5 Å². The van der Waals surface area contributed by atoms with E-state index >= 15 is 0 Å².